The van der Waals surface area contributed by atoms with Crippen LogP contribution in [0.15, 0.2) is 36.9 Å². The molecule has 5 heteroatoms. The van der Waals surface area contributed by atoms with Crippen molar-refractivity contribution in [1.82, 2.24) is 15.0 Å². The fraction of sp³-hybridized carbons (Fsp3) is 0.357. The zero-order chi connectivity index (χ0) is 13.7. The predicted molar refractivity (Wildman–Crippen MR) is 77.1 cm³/mol. The molecule has 0 unspecified atom stereocenters. The first-order valence-corrected chi connectivity index (χ1v) is 6.34. The topological polar surface area (TPSA) is 53.9 Å². The van der Waals surface area contributed by atoms with Gasteiger partial charge < -0.3 is 10.2 Å². The lowest BCUT2D eigenvalue weighted by molar-refractivity contribution is 0.868. The van der Waals surface area contributed by atoms with Gasteiger partial charge in [0.25, 0.3) is 0 Å². The first-order valence-electron chi connectivity index (χ1n) is 6.34. The molecule has 0 aromatic carbocycles. The van der Waals surface area contributed by atoms with Gasteiger partial charge in [-0.05, 0) is 31.5 Å². The molecule has 0 saturated heterocycles. The zero-order valence-corrected chi connectivity index (χ0v) is 11.5. The summed E-state index contributed by atoms with van der Waals surface area (Å²) in [5.41, 5.74) is 1.20. The third kappa shape index (κ3) is 3.91. The smallest absolute Gasteiger partial charge is 0.134 e. The fourth-order valence-corrected chi connectivity index (χ4v) is 1.77. The standard InChI is InChI=1S/C14H19N5/c1-11(2)18-13-8-14(17-10-16-13)19(3)9-12-4-6-15-7-5-12/h4-8,10-11H,9H2,1-3H3,(H,16,17,18). The third-order valence-corrected chi connectivity index (χ3v) is 2.65. The van der Waals surface area contributed by atoms with Crippen LogP contribution >= 0.6 is 0 Å². The molecule has 19 heavy (non-hydrogen) atoms. The summed E-state index contributed by atoms with van der Waals surface area (Å²) in [6.45, 7) is 4.96. The Balaban J connectivity index is 2.08. The second kappa shape index (κ2) is 6.13. The lowest BCUT2D eigenvalue weighted by Crippen LogP contribution is -2.19. The van der Waals surface area contributed by atoms with Crippen LogP contribution in [0.3, 0.4) is 0 Å². The van der Waals surface area contributed by atoms with Crippen LogP contribution in [0.2, 0.25) is 0 Å². The van der Waals surface area contributed by atoms with Crippen LogP contribution in [0, 0.1) is 0 Å². The minimum Gasteiger partial charge on any atom is -0.368 e. The first kappa shape index (κ1) is 13.3. The van der Waals surface area contributed by atoms with Crippen molar-refractivity contribution in [1.29, 1.82) is 0 Å². The van der Waals surface area contributed by atoms with Crippen molar-refractivity contribution >= 4 is 11.6 Å². The summed E-state index contributed by atoms with van der Waals surface area (Å²) < 4.78 is 0. The average Bonchev–Trinajstić information content (AvgIpc) is 2.39. The van der Waals surface area contributed by atoms with Crippen LogP contribution in [0.1, 0.15) is 19.4 Å². The summed E-state index contributed by atoms with van der Waals surface area (Å²) in [6.07, 6.45) is 5.19. The number of hydrogen-bond acceptors (Lipinski definition) is 5. The van der Waals surface area contributed by atoms with E-state index >= 15 is 0 Å². The molecule has 0 atom stereocenters. The molecule has 5 nitrogen and oxygen atoms in total. The molecule has 0 saturated carbocycles. The molecule has 0 fully saturated rings. The number of nitrogens with one attached hydrogen (secondary N) is 1. The summed E-state index contributed by atoms with van der Waals surface area (Å²) >= 11 is 0. The van der Waals surface area contributed by atoms with Crippen LogP contribution < -0.4 is 10.2 Å². The Kier molecular flexibility index (Phi) is 4.28. The lowest BCUT2D eigenvalue weighted by atomic mass is 10.2. The van der Waals surface area contributed by atoms with Crippen molar-refractivity contribution in [3.05, 3.63) is 42.5 Å². The van der Waals surface area contributed by atoms with Crippen LogP contribution in [0.25, 0.3) is 0 Å². The summed E-state index contributed by atoms with van der Waals surface area (Å²) in [6, 6.07) is 6.32. The number of nitrogens with zero attached hydrogens (tertiary/aromatic N) is 4. The SMILES string of the molecule is CC(C)Nc1cc(N(C)Cc2ccncc2)ncn1. The molecule has 0 spiro atoms. The number of aromatic nitrogens is 3. The molecule has 0 amide bonds. The second-order valence-corrected chi connectivity index (χ2v) is 4.77. The summed E-state index contributed by atoms with van der Waals surface area (Å²) in [5, 5.41) is 3.28. The number of rotatable bonds is 5. The van der Waals surface area contributed by atoms with Gasteiger partial charge in [0.15, 0.2) is 0 Å². The van der Waals surface area contributed by atoms with Crippen LogP contribution in [-0.2, 0) is 6.54 Å². The number of anilines is 2. The molecule has 0 radical (unpaired) electrons. The maximum Gasteiger partial charge on any atom is 0.134 e. The van der Waals surface area contributed by atoms with E-state index in [2.05, 4.69) is 39.0 Å². The lowest BCUT2D eigenvalue weighted by Gasteiger charge is -2.19. The highest BCUT2D eigenvalue weighted by Gasteiger charge is 2.06. The molecule has 0 aliphatic heterocycles. The Morgan fingerprint density at radius 2 is 1.95 bits per heavy atom. The Bertz CT molecular complexity index is 512. The number of pyridine rings is 1. The molecule has 1 N–H and O–H groups in total. The van der Waals surface area contributed by atoms with Gasteiger partial charge in [0.05, 0.1) is 0 Å². The van der Waals surface area contributed by atoms with Gasteiger partial charge in [0, 0.05) is 38.1 Å². The van der Waals surface area contributed by atoms with Crippen molar-refractivity contribution in [2.75, 3.05) is 17.3 Å². The van der Waals surface area contributed by atoms with E-state index in [1.54, 1.807) is 18.7 Å². The van der Waals surface area contributed by atoms with Crippen molar-refractivity contribution < 1.29 is 0 Å². The van der Waals surface area contributed by atoms with E-state index in [-0.39, 0.29) is 0 Å². The van der Waals surface area contributed by atoms with E-state index in [9.17, 15) is 0 Å². The minimum atomic E-state index is 0.355. The summed E-state index contributed by atoms with van der Waals surface area (Å²) in [4.78, 5) is 14.6. The van der Waals surface area contributed by atoms with E-state index in [1.807, 2.05) is 25.2 Å². The van der Waals surface area contributed by atoms with Gasteiger partial charge in [-0.25, -0.2) is 9.97 Å². The van der Waals surface area contributed by atoms with E-state index in [1.165, 1.54) is 5.56 Å². The predicted octanol–water partition coefficient (Wildman–Crippen LogP) is 2.33. The van der Waals surface area contributed by atoms with Crippen molar-refractivity contribution in [2.45, 2.75) is 26.4 Å². The highest BCUT2D eigenvalue weighted by molar-refractivity contribution is 5.48. The fourth-order valence-electron chi connectivity index (χ4n) is 1.77. The molecule has 100 valence electrons. The van der Waals surface area contributed by atoms with E-state index in [4.69, 9.17) is 0 Å². The molecule has 2 heterocycles. The largest absolute Gasteiger partial charge is 0.368 e. The van der Waals surface area contributed by atoms with Crippen molar-refractivity contribution in [3.8, 4) is 0 Å². The van der Waals surface area contributed by atoms with Crippen LogP contribution in [0.5, 0.6) is 0 Å². The molecule has 0 aliphatic rings. The third-order valence-electron chi connectivity index (χ3n) is 2.65. The van der Waals surface area contributed by atoms with Gasteiger partial charge in [-0.3, -0.25) is 4.98 Å². The number of hydrogen-bond donors (Lipinski definition) is 1. The highest BCUT2D eigenvalue weighted by Crippen LogP contribution is 2.15. The summed E-state index contributed by atoms with van der Waals surface area (Å²) in [5.74, 6) is 1.75. The Labute approximate surface area is 113 Å². The molecule has 0 bridgehead atoms. The highest BCUT2D eigenvalue weighted by atomic mass is 15.2. The van der Waals surface area contributed by atoms with E-state index in [0.717, 1.165) is 18.2 Å². The Morgan fingerprint density at radius 1 is 1.21 bits per heavy atom. The minimum absolute atomic E-state index is 0.355. The Hall–Kier alpha value is -2.17. The van der Waals surface area contributed by atoms with Gasteiger partial charge in [0.1, 0.15) is 18.0 Å². The van der Waals surface area contributed by atoms with Gasteiger partial charge in [0.2, 0.25) is 0 Å². The van der Waals surface area contributed by atoms with Gasteiger partial charge in [-0.2, -0.15) is 0 Å². The molecular weight excluding hydrogens is 238 g/mol. The quantitative estimate of drug-likeness (QED) is 0.891. The van der Waals surface area contributed by atoms with Gasteiger partial charge >= 0.3 is 0 Å². The maximum atomic E-state index is 4.30. The zero-order valence-electron chi connectivity index (χ0n) is 11.5. The monoisotopic (exact) mass is 257 g/mol. The van der Waals surface area contributed by atoms with Gasteiger partial charge in [-0.15, -0.1) is 0 Å². The van der Waals surface area contributed by atoms with E-state index in [0.29, 0.717) is 6.04 Å². The molecule has 2 aromatic rings. The maximum absolute atomic E-state index is 4.30. The second-order valence-electron chi connectivity index (χ2n) is 4.77. The van der Waals surface area contributed by atoms with Gasteiger partial charge in [-0.1, -0.05) is 0 Å². The van der Waals surface area contributed by atoms with Crippen LogP contribution in [0.4, 0.5) is 11.6 Å². The first-order chi connectivity index (χ1) is 9.15. The molecular formula is C14H19N5. The van der Waals surface area contributed by atoms with Crippen LogP contribution in [-0.4, -0.2) is 28.0 Å². The van der Waals surface area contributed by atoms with Crippen molar-refractivity contribution in [2.24, 2.45) is 0 Å². The average molecular weight is 257 g/mol. The van der Waals surface area contributed by atoms with E-state index < -0.39 is 0 Å². The molecule has 2 rings (SSSR count). The van der Waals surface area contributed by atoms with Crippen molar-refractivity contribution in [3.63, 3.8) is 0 Å². The molecule has 2 aromatic heterocycles. The Morgan fingerprint density at radius 3 is 2.63 bits per heavy atom. The summed E-state index contributed by atoms with van der Waals surface area (Å²) in [7, 11) is 2.02. The normalized spacial score (nSPS) is 10.5. The molecule has 0 aliphatic carbocycles.